The minimum absolute atomic E-state index is 0.0149. The SMILES string of the molecule is CC(C)C(=O)Nc1ccc(C(=O)N2C[C@H]3CNC[C@H]3C2)cc1. The third-order valence-electron chi connectivity index (χ3n) is 4.60. The molecule has 0 aromatic heterocycles. The molecule has 22 heavy (non-hydrogen) atoms. The molecule has 0 bridgehead atoms. The van der Waals surface area contributed by atoms with Crippen molar-refractivity contribution in [3.63, 3.8) is 0 Å². The van der Waals surface area contributed by atoms with Crippen molar-refractivity contribution in [3.8, 4) is 0 Å². The average molecular weight is 301 g/mol. The molecule has 118 valence electrons. The molecule has 0 saturated carbocycles. The van der Waals surface area contributed by atoms with Crippen molar-refractivity contribution in [2.45, 2.75) is 13.8 Å². The van der Waals surface area contributed by atoms with Gasteiger partial charge in [0.1, 0.15) is 0 Å². The van der Waals surface area contributed by atoms with Crippen LogP contribution < -0.4 is 10.6 Å². The zero-order valence-electron chi connectivity index (χ0n) is 13.1. The number of carbonyl (C=O) groups is 2. The Morgan fingerprint density at radius 1 is 1.14 bits per heavy atom. The van der Waals surface area contributed by atoms with E-state index < -0.39 is 0 Å². The maximum Gasteiger partial charge on any atom is 0.253 e. The van der Waals surface area contributed by atoms with E-state index in [1.807, 2.05) is 18.7 Å². The average Bonchev–Trinajstić information content (AvgIpc) is 3.08. The summed E-state index contributed by atoms with van der Waals surface area (Å²) in [5.41, 5.74) is 1.42. The highest BCUT2D eigenvalue weighted by Gasteiger charge is 2.38. The Morgan fingerprint density at radius 3 is 2.27 bits per heavy atom. The number of rotatable bonds is 3. The van der Waals surface area contributed by atoms with Gasteiger partial charge < -0.3 is 15.5 Å². The maximum absolute atomic E-state index is 12.5. The van der Waals surface area contributed by atoms with Crippen molar-refractivity contribution < 1.29 is 9.59 Å². The number of fused-ring (bicyclic) bond motifs is 1. The molecule has 1 aromatic rings. The third-order valence-corrected chi connectivity index (χ3v) is 4.60. The zero-order chi connectivity index (χ0) is 15.7. The summed E-state index contributed by atoms with van der Waals surface area (Å²) in [6.45, 7) is 7.45. The third kappa shape index (κ3) is 2.99. The van der Waals surface area contributed by atoms with Crippen LogP contribution in [0.15, 0.2) is 24.3 Å². The zero-order valence-corrected chi connectivity index (χ0v) is 13.1. The molecule has 2 aliphatic rings. The predicted octanol–water partition coefficient (Wildman–Crippen LogP) is 1.57. The Hall–Kier alpha value is -1.88. The number of nitrogens with one attached hydrogen (secondary N) is 2. The number of amides is 2. The highest BCUT2D eigenvalue weighted by atomic mass is 16.2. The van der Waals surface area contributed by atoms with E-state index in [0.29, 0.717) is 17.4 Å². The summed E-state index contributed by atoms with van der Waals surface area (Å²) in [5, 5.41) is 6.22. The first-order chi connectivity index (χ1) is 10.5. The van der Waals surface area contributed by atoms with E-state index in [4.69, 9.17) is 0 Å². The van der Waals surface area contributed by atoms with E-state index in [2.05, 4.69) is 10.6 Å². The van der Waals surface area contributed by atoms with Crippen LogP contribution in [0.2, 0.25) is 0 Å². The summed E-state index contributed by atoms with van der Waals surface area (Å²) in [5.74, 6) is 1.23. The lowest BCUT2D eigenvalue weighted by atomic mass is 10.0. The second-order valence-corrected chi connectivity index (χ2v) is 6.61. The summed E-state index contributed by atoms with van der Waals surface area (Å²) >= 11 is 0. The van der Waals surface area contributed by atoms with Crippen LogP contribution in [0.25, 0.3) is 0 Å². The smallest absolute Gasteiger partial charge is 0.253 e. The summed E-state index contributed by atoms with van der Waals surface area (Å²) in [4.78, 5) is 26.2. The van der Waals surface area contributed by atoms with Gasteiger partial charge in [-0.25, -0.2) is 0 Å². The van der Waals surface area contributed by atoms with Crippen molar-refractivity contribution in [2.75, 3.05) is 31.5 Å². The summed E-state index contributed by atoms with van der Waals surface area (Å²) < 4.78 is 0. The molecule has 2 N–H and O–H groups in total. The second kappa shape index (κ2) is 6.08. The van der Waals surface area contributed by atoms with Gasteiger partial charge in [0, 0.05) is 43.3 Å². The fraction of sp³-hybridized carbons (Fsp3) is 0.529. The Kier molecular flexibility index (Phi) is 4.16. The molecule has 0 unspecified atom stereocenters. The van der Waals surface area contributed by atoms with Gasteiger partial charge in [0.15, 0.2) is 0 Å². The maximum atomic E-state index is 12.5. The van der Waals surface area contributed by atoms with Crippen LogP contribution in [0.1, 0.15) is 24.2 Å². The Morgan fingerprint density at radius 2 is 1.73 bits per heavy atom. The van der Waals surface area contributed by atoms with Crippen LogP contribution >= 0.6 is 0 Å². The molecular formula is C17H23N3O2. The first-order valence-electron chi connectivity index (χ1n) is 7.95. The normalized spacial score (nSPS) is 23.7. The molecule has 2 amide bonds. The lowest BCUT2D eigenvalue weighted by molar-refractivity contribution is -0.118. The molecular weight excluding hydrogens is 278 g/mol. The summed E-state index contributed by atoms with van der Waals surface area (Å²) in [6.07, 6.45) is 0. The second-order valence-electron chi connectivity index (χ2n) is 6.61. The molecule has 2 atom stereocenters. The van der Waals surface area contributed by atoms with Crippen molar-refractivity contribution in [3.05, 3.63) is 29.8 Å². The molecule has 0 radical (unpaired) electrons. The van der Waals surface area contributed by atoms with Gasteiger partial charge in [0.2, 0.25) is 5.91 Å². The minimum atomic E-state index is -0.0565. The number of benzene rings is 1. The van der Waals surface area contributed by atoms with Crippen LogP contribution in [0.3, 0.4) is 0 Å². The lowest BCUT2D eigenvalue weighted by Gasteiger charge is -2.17. The molecule has 1 aromatic carbocycles. The minimum Gasteiger partial charge on any atom is -0.338 e. The number of carbonyl (C=O) groups excluding carboxylic acids is 2. The fourth-order valence-electron chi connectivity index (χ4n) is 3.19. The van der Waals surface area contributed by atoms with Gasteiger partial charge >= 0.3 is 0 Å². The largest absolute Gasteiger partial charge is 0.338 e. The van der Waals surface area contributed by atoms with Crippen LogP contribution in [-0.4, -0.2) is 42.9 Å². The molecule has 2 saturated heterocycles. The van der Waals surface area contributed by atoms with Crippen molar-refractivity contribution in [1.82, 2.24) is 10.2 Å². The van der Waals surface area contributed by atoms with Gasteiger partial charge in [-0.2, -0.15) is 0 Å². The van der Waals surface area contributed by atoms with Gasteiger partial charge in [0.25, 0.3) is 5.91 Å². The predicted molar refractivity (Wildman–Crippen MR) is 85.7 cm³/mol. The van der Waals surface area contributed by atoms with E-state index in [1.54, 1.807) is 24.3 Å². The number of anilines is 1. The van der Waals surface area contributed by atoms with E-state index >= 15 is 0 Å². The molecule has 5 nitrogen and oxygen atoms in total. The van der Waals surface area contributed by atoms with Crippen molar-refractivity contribution in [2.24, 2.45) is 17.8 Å². The van der Waals surface area contributed by atoms with Crippen molar-refractivity contribution >= 4 is 17.5 Å². The fourth-order valence-corrected chi connectivity index (χ4v) is 3.19. The van der Waals surface area contributed by atoms with Gasteiger partial charge in [0.05, 0.1) is 0 Å². The number of likely N-dealkylation sites (tertiary alicyclic amines) is 1. The number of hydrogen-bond acceptors (Lipinski definition) is 3. The highest BCUT2D eigenvalue weighted by molar-refractivity contribution is 5.96. The molecule has 2 heterocycles. The monoisotopic (exact) mass is 301 g/mol. The molecule has 3 rings (SSSR count). The number of nitrogens with zero attached hydrogens (tertiary/aromatic N) is 1. The van der Waals surface area contributed by atoms with Gasteiger partial charge in [-0.05, 0) is 36.1 Å². The molecule has 0 aliphatic carbocycles. The van der Waals surface area contributed by atoms with Crippen LogP contribution in [0.4, 0.5) is 5.69 Å². The van der Waals surface area contributed by atoms with E-state index in [9.17, 15) is 9.59 Å². The molecule has 5 heteroatoms. The Bertz CT molecular complexity index is 556. The first kappa shape index (κ1) is 15.0. The molecule has 0 spiro atoms. The van der Waals surface area contributed by atoms with Crippen molar-refractivity contribution in [1.29, 1.82) is 0 Å². The van der Waals surface area contributed by atoms with Crippen LogP contribution in [0, 0.1) is 17.8 Å². The van der Waals surface area contributed by atoms with Crippen LogP contribution in [0.5, 0.6) is 0 Å². The topological polar surface area (TPSA) is 61.4 Å². The first-order valence-corrected chi connectivity index (χ1v) is 7.95. The van der Waals surface area contributed by atoms with Crippen LogP contribution in [-0.2, 0) is 4.79 Å². The van der Waals surface area contributed by atoms with Gasteiger partial charge in [-0.3, -0.25) is 9.59 Å². The van der Waals surface area contributed by atoms with E-state index in [-0.39, 0.29) is 17.7 Å². The van der Waals surface area contributed by atoms with Gasteiger partial charge in [-0.15, -0.1) is 0 Å². The highest BCUT2D eigenvalue weighted by Crippen LogP contribution is 2.27. The number of hydrogen-bond donors (Lipinski definition) is 2. The lowest BCUT2D eigenvalue weighted by Crippen LogP contribution is -2.31. The summed E-state index contributed by atoms with van der Waals surface area (Å²) in [7, 11) is 0. The molecule has 2 aliphatic heterocycles. The standard InChI is InChI=1S/C17H23N3O2/c1-11(2)16(21)19-15-5-3-12(4-6-15)17(22)20-9-13-7-18-8-14(13)10-20/h3-6,11,13-14,18H,7-10H2,1-2H3,(H,19,21)/t13-,14+. The quantitative estimate of drug-likeness (QED) is 0.891. The Balaban J connectivity index is 1.63. The van der Waals surface area contributed by atoms with E-state index in [0.717, 1.165) is 31.9 Å². The molecule has 2 fully saturated rings. The Labute approximate surface area is 131 Å². The van der Waals surface area contributed by atoms with E-state index in [1.165, 1.54) is 0 Å². The van der Waals surface area contributed by atoms with Gasteiger partial charge in [-0.1, -0.05) is 13.8 Å². The summed E-state index contributed by atoms with van der Waals surface area (Å²) in [6, 6.07) is 7.19.